The Hall–Kier alpha value is -1.82. The number of rotatable bonds is 2. The van der Waals surface area contributed by atoms with Crippen LogP contribution < -0.4 is 5.32 Å². The van der Waals surface area contributed by atoms with Gasteiger partial charge in [0.1, 0.15) is 11.5 Å². The molecule has 1 atom stereocenters. The predicted octanol–water partition coefficient (Wildman–Crippen LogP) is 4.55. The van der Waals surface area contributed by atoms with E-state index in [-0.39, 0.29) is 17.1 Å². The summed E-state index contributed by atoms with van der Waals surface area (Å²) < 4.78 is 6.15. The Morgan fingerprint density at radius 1 is 1.42 bits per heavy atom. The highest BCUT2D eigenvalue weighted by Crippen LogP contribution is 2.38. The number of hydrogen-bond donors (Lipinski definition) is 2. The number of aromatic hydroxyl groups is 1. The molecule has 0 spiro atoms. The van der Waals surface area contributed by atoms with Crippen molar-refractivity contribution in [1.29, 1.82) is 0 Å². The SMILES string of the molecule is CC(C)(C)[C@H]1CCc2onc(C(=O)Nc3cc(Br)ccc3O)c2C1. The maximum absolute atomic E-state index is 12.6. The molecule has 0 fully saturated rings. The number of carbonyl (C=O) groups excluding carboxylic acids is 1. The number of aryl methyl sites for hydroxylation is 1. The number of carbonyl (C=O) groups is 1. The molecule has 0 saturated carbocycles. The summed E-state index contributed by atoms with van der Waals surface area (Å²) in [6, 6.07) is 4.88. The van der Waals surface area contributed by atoms with Gasteiger partial charge in [-0.1, -0.05) is 41.9 Å². The first-order valence-electron chi connectivity index (χ1n) is 8.03. The van der Waals surface area contributed by atoms with Gasteiger partial charge in [0, 0.05) is 16.5 Å². The minimum Gasteiger partial charge on any atom is -0.506 e. The zero-order chi connectivity index (χ0) is 17.5. The number of phenols is 1. The number of amides is 1. The summed E-state index contributed by atoms with van der Waals surface area (Å²) in [5.74, 6) is 0.939. The topological polar surface area (TPSA) is 75.4 Å². The van der Waals surface area contributed by atoms with Crippen LogP contribution in [-0.4, -0.2) is 16.2 Å². The van der Waals surface area contributed by atoms with Crippen molar-refractivity contribution in [3.8, 4) is 5.75 Å². The van der Waals surface area contributed by atoms with E-state index in [2.05, 4.69) is 47.2 Å². The summed E-state index contributed by atoms with van der Waals surface area (Å²) in [5, 5.41) is 16.6. The van der Waals surface area contributed by atoms with Gasteiger partial charge in [-0.3, -0.25) is 4.79 Å². The first kappa shape index (κ1) is 17.0. The van der Waals surface area contributed by atoms with Crippen LogP contribution in [0.4, 0.5) is 5.69 Å². The maximum atomic E-state index is 12.6. The molecular formula is C18H21BrN2O3. The van der Waals surface area contributed by atoms with E-state index in [4.69, 9.17) is 4.52 Å². The second-order valence-corrected chi connectivity index (χ2v) is 8.27. The molecular weight excluding hydrogens is 372 g/mol. The summed E-state index contributed by atoms with van der Waals surface area (Å²) in [4.78, 5) is 12.6. The zero-order valence-corrected chi connectivity index (χ0v) is 15.6. The summed E-state index contributed by atoms with van der Waals surface area (Å²) in [6.07, 6.45) is 2.63. The molecule has 2 N–H and O–H groups in total. The summed E-state index contributed by atoms with van der Waals surface area (Å²) in [7, 11) is 0. The van der Waals surface area contributed by atoms with E-state index in [0.29, 0.717) is 17.3 Å². The summed E-state index contributed by atoms with van der Waals surface area (Å²) >= 11 is 3.33. The highest BCUT2D eigenvalue weighted by molar-refractivity contribution is 9.10. The molecule has 3 rings (SSSR count). The third-order valence-electron chi connectivity index (χ3n) is 4.69. The molecule has 0 saturated heterocycles. The predicted molar refractivity (Wildman–Crippen MR) is 95.2 cm³/mol. The molecule has 1 aliphatic carbocycles. The summed E-state index contributed by atoms with van der Waals surface area (Å²) in [5.41, 5.74) is 1.73. The molecule has 24 heavy (non-hydrogen) atoms. The highest BCUT2D eigenvalue weighted by atomic mass is 79.9. The molecule has 0 bridgehead atoms. The van der Waals surface area contributed by atoms with Gasteiger partial charge in [-0.2, -0.15) is 0 Å². The third kappa shape index (κ3) is 3.34. The Kier molecular flexibility index (Phi) is 4.42. The Morgan fingerprint density at radius 2 is 2.17 bits per heavy atom. The largest absolute Gasteiger partial charge is 0.506 e. The molecule has 1 amide bonds. The van der Waals surface area contributed by atoms with Crippen molar-refractivity contribution in [3.05, 3.63) is 39.7 Å². The second kappa shape index (κ2) is 6.24. The van der Waals surface area contributed by atoms with Crippen LogP contribution in [0, 0.1) is 11.3 Å². The first-order chi connectivity index (χ1) is 11.3. The lowest BCUT2D eigenvalue weighted by Gasteiger charge is -2.33. The standard InChI is InChI=1S/C18H21BrN2O3/c1-18(2,3)10-4-7-15-12(8-10)16(21-24-15)17(23)20-13-9-11(19)5-6-14(13)22/h5-6,9-10,22H,4,7-8H2,1-3H3,(H,20,23)/t10-/m0/s1. The van der Waals surface area contributed by atoms with Crippen molar-refractivity contribution in [2.24, 2.45) is 11.3 Å². The van der Waals surface area contributed by atoms with E-state index in [1.54, 1.807) is 12.1 Å². The average Bonchev–Trinajstić information content (AvgIpc) is 2.93. The second-order valence-electron chi connectivity index (χ2n) is 7.35. The maximum Gasteiger partial charge on any atom is 0.278 e. The quantitative estimate of drug-likeness (QED) is 0.735. The van der Waals surface area contributed by atoms with E-state index in [1.165, 1.54) is 6.07 Å². The van der Waals surface area contributed by atoms with Crippen LogP contribution in [-0.2, 0) is 12.8 Å². The first-order valence-corrected chi connectivity index (χ1v) is 8.82. The average molecular weight is 393 g/mol. The molecule has 0 aliphatic heterocycles. The fourth-order valence-corrected chi connectivity index (χ4v) is 3.47. The number of nitrogens with one attached hydrogen (secondary N) is 1. The van der Waals surface area contributed by atoms with Crippen molar-refractivity contribution in [1.82, 2.24) is 5.16 Å². The van der Waals surface area contributed by atoms with Crippen LogP contribution in [0.25, 0.3) is 0 Å². The van der Waals surface area contributed by atoms with Crippen molar-refractivity contribution in [2.45, 2.75) is 40.0 Å². The normalized spacial score (nSPS) is 17.4. The number of phenolic OH excluding ortho intramolecular Hbond substituents is 1. The molecule has 128 valence electrons. The number of anilines is 1. The van der Waals surface area contributed by atoms with E-state index in [9.17, 15) is 9.90 Å². The van der Waals surface area contributed by atoms with E-state index < -0.39 is 0 Å². The van der Waals surface area contributed by atoms with Gasteiger partial charge >= 0.3 is 0 Å². The van der Waals surface area contributed by atoms with Gasteiger partial charge in [0.15, 0.2) is 5.69 Å². The van der Waals surface area contributed by atoms with Gasteiger partial charge in [-0.05, 0) is 42.4 Å². The molecule has 1 aliphatic rings. The smallest absolute Gasteiger partial charge is 0.278 e. The lowest BCUT2D eigenvalue weighted by Crippen LogP contribution is -2.27. The van der Waals surface area contributed by atoms with Crippen LogP contribution in [0.3, 0.4) is 0 Å². The van der Waals surface area contributed by atoms with Crippen molar-refractivity contribution < 1.29 is 14.4 Å². The van der Waals surface area contributed by atoms with Crippen molar-refractivity contribution >= 4 is 27.5 Å². The minimum absolute atomic E-state index is 0.0106. The molecule has 1 aromatic heterocycles. The fourth-order valence-electron chi connectivity index (χ4n) is 3.11. The van der Waals surface area contributed by atoms with Crippen LogP contribution >= 0.6 is 15.9 Å². The van der Waals surface area contributed by atoms with Crippen LogP contribution in [0.15, 0.2) is 27.2 Å². The molecule has 2 aromatic rings. The van der Waals surface area contributed by atoms with Crippen LogP contribution in [0.1, 0.15) is 49.0 Å². The van der Waals surface area contributed by atoms with Crippen molar-refractivity contribution in [2.75, 3.05) is 5.32 Å². The van der Waals surface area contributed by atoms with Gasteiger partial charge in [-0.25, -0.2) is 0 Å². The Labute approximate surface area is 149 Å². The fraction of sp³-hybridized carbons (Fsp3) is 0.444. The minimum atomic E-state index is -0.358. The van der Waals surface area contributed by atoms with Gasteiger partial charge in [0.05, 0.1) is 5.69 Å². The molecule has 1 heterocycles. The Morgan fingerprint density at radius 3 is 2.88 bits per heavy atom. The Balaban J connectivity index is 1.85. The van der Waals surface area contributed by atoms with E-state index >= 15 is 0 Å². The lowest BCUT2D eigenvalue weighted by molar-refractivity contribution is 0.101. The number of nitrogens with zero attached hydrogens (tertiary/aromatic N) is 1. The molecule has 1 aromatic carbocycles. The van der Waals surface area contributed by atoms with Gasteiger partial charge in [0.25, 0.3) is 5.91 Å². The van der Waals surface area contributed by atoms with E-state index in [1.807, 2.05) is 0 Å². The monoisotopic (exact) mass is 392 g/mol. The van der Waals surface area contributed by atoms with Crippen molar-refractivity contribution in [3.63, 3.8) is 0 Å². The third-order valence-corrected chi connectivity index (χ3v) is 5.18. The molecule has 0 unspecified atom stereocenters. The van der Waals surface area contributed by atoms with Gasteiger partial charge in [-0.15, -0.1) is 0 Å². The lowest BCUT2D eigenvalue weighted by atomic mass is 9.71. The number of fused-ring (bicyclic) bond motifs is 1. The van der Waals surface area contributed by atoms with Crippen LogP contribution in [0.2, 0.25) is 0 Å². The number of benzene rings is 1. The zero-order valence-electron chi connectivity index (χ0n) is 14.0. The highest BCUT2D eigenvalue weighted by Gasteiger charge is 2.34. The Bertz CT molecular complexity index is 777. The number of aromatic nitrogens is 1. The van der Waals surface area contributed by atoms with E-state index in [0.717, 1.165) is 35.1 Å². The molecule has 6 heteroatoms. The van der Waals surface area contributed by atoms with Gasteiger partial charge < -0.3 is 14.9 Å². The summed E-state index contributed by atoms with van der Waals surface area (Å²) in [6.45, 7) is 6.65. The van der Waals surface area contributed by atoms with Gasteiger partial charge in [0.2, 0.25) is 0 Å². The molecule has 5 nitrogen and oxygen atoms in total. The molecule has 0 radical (unpaired) electrons. The number of halogens is 1. The number of hydrogen-bond acceptors (Lipinski definition) is 4. The van der Waals surface area contributed by atoms with Crippen LogP contribution in [0.5, 0.6) is 5.75 Å².